The minimum Gasteiger partial charge on any atom is -0.354 e. The maximum atomic E-state index is 11.8. The van der Waals surface area contributed by atoms with Gasteiger partial charge in [-0.25, -0.2) is 4.98 Å². The largest absolute Gasteiger partial charge is 0.354 e. The van der Waals surface area contributed by atoms with E-state index in [0.29, 0.717) is 5.69 Å². The van der Waals surface area contributed by atoms with Gasteiger partial charge in [0.1, 0.15) is 5.69 Å². The molecule has 2 N–H and O–H groups in total. The molecule has 5 heteroatoms. The predicted octanol–water partition coefficient (Wildman–Crippen LogP) is 3.73. The van der Waals surface area contributed by atoms with Gasteiger partial charge in [-0.1, -0.05) is 22.0 Å². The van der Waals surface area contributed by atoms with Crippen LogP contribution in [0, 0.1) is 0 Å². The number of carbonyl (C=O) groups excluding carboxylic acids is 1. The molecule has 0 aliphatic carbocycles. The van der Waals surface area contributed by atoms with Crippen molar-refractivity contribution in [2.75, 3.05) is 5.32 Å². The van der Waals surface area contributed by atoms with Gasteiger partial charge < -0.3 is 10.6 Å². The van der Waals surface area contributed by atoms with Crippen molar-refractivity contribution < 1.29 is 4.79 Å². The summed E-state index contributed by atoms with van der Waals surface area (Å²) in [6.45, 7) is 3.84. The average molecular weight is 334 g/mol. The first-order valence-electron chi connectivity index (χ1n) is 6.34. The van der Waals surface area contributed by atoms with Gasteiger partial charge in [-0.15, -0.1) is 0 Å². The van der Waals surface area contributed by atoms with Crippen molar-refractivity contribution in [1.29, 1.82) is 0 Å². The molecule has 0 aliphatic rings. The molecular weight excluding hydrogens is 318 g/mol. The number of hydrogen-bond donors (Lipinski definition) is 2. The van der Waals surface area contributed by atoms with Crippen LogP contribution in [-0.2, 0) is 0 Å². The van der Waals surface area contributed by atoms with Gasteiger partial charge in [0.25, 0.3) is 5.91 Å². The number of aromatic nitrogens is 1. The van der Waals surface area contributed by atoms with E-state index in [0.717, 1.165) is 15.8 Å². The number of benzene rings is 1. The quantitative estimate of drug-likeness (QED) is 0.896. The van der Waals surface area contributed by atoms with Crippen LogP contribution in [0.3, 0.4) is 0 Å². The first kappa shape index (κ1) is 14.5. The van der Waals surface area contributed by atoms with Crippen molar-refractivity contribution in [2.24, 2.45) is 0 Å². The number of carbonyl (C=O) groups is 1. The Labute approximate surface area is 126 Å². The molecule has 0 saturated carbocycles. The molecule has 1 aromatic heterocycles. The zero-order valence-corrected chi connectivity index (χ0v) is 12.9. The molecule has 0 atom stereocenters. The maximum absolute atomic E-state index is 11.8. The minimum atomic E-state index is -0.158. The molecule has 0 aliphatic heterocycles. The van der Waals surface area contributed by atoms with Gasteiger partial charge >= 0.3 is 0 Å². The van der Waals surface area contributed by atoms with Gasteiger partial charge in [0.2, 0.25) is 0 Å². The number of nitrogens with one attached hydrogen (secondary N) is 2. The molecule has 104 valence electrons. The normalized spacial score (nSPS) is 10.4. The molecule has 20 heavy (non-hydrogen) atoms. The van der Waals surface area contributed by atoms with Crippen LogP contribution < -0.4 is 10.6 Å². The lowest BCUT2D eigenvalue weighted by Gasteiger charge is -2.09. The minimum absolute atomic E-state index is 0.101. The van der Waals surface area contributed by atoms with E-state index in [-0.39, 0.29) is 11.9 Å². The second-order valence-corrected chi connectivity index (χ2v) is 5.61. The molecule has 1 aromatic carbocycles. The Morgan fingerprint density at radius 1 is 1.20 bits per heavy atom. The van der Waals surface area contributed by atoms with Crippen LogP contribution in [0.2, 0.25) is 0 Å². The Hall–Kier alpha value is -1.88. The molecule has 2 aromatic rings. The summed E-state index contributed by atoms with van der Waals surface area (Å²) >= 11 is 3.42. The molecule has 0 fully saturated rings. The first-order valence-corrected chi connectivity index (χ1v) is 7.13. The van der Waals surface area contributed by atoms with E-state index in [2.05, 4.69) is 31.5 Å². The van der Waals surface area contributed by atoms with Crippen LogP contribution in [0.4, 0.5) is 11.4 Å². The molecular formula is C15H16BrN3O. The Kier molecular flexibility index (Phi) is 4.74. The fraction of sp³-hybridized carbons (Fsp3) is 0.200. The highest BCUT2D eigenvalue weighted by atomic mass is 79.9. The van der Waals surface area contributed by atoms with Crippen molar-refractivity contribution in [3.05, 3.63) is 52.8 Å². The van der Waals surface area contributed by atoms with Crippen LogP contribution in [0.25, 0.3) is 0 Å². The lowest BCUT2D eigenvalue weighted by molar-refractivity contribution is 0.0938. The van der Waals surface area contributed by atoms with E-state index < -0.39 is 0 Å². The van der Waals surface area contributed by atoms with E-state index in [1.807, 2.05) is 44.2 Å². The number of amides is 1. The lowest BCUT2D eigenvalue weighted by atomic mass is 10.2. The van der Waals surface area contributed by atoms with Crippen LogP contribution in [-0.4, -0.2) is 16.9 Å². The third kappa shape index (κ3) is 4.06. The lowest BCUT2D eigenvalue weighted by Crippen LogP contribution is -2.30. The SMILES string of the molecule is CC(C)NC(=O)c1ccc(Nc2cccc(Br)c2)cn1. The highest BCUT2D eigenvalue weighted by Crippen LogP contribution is 2.19. The molecule has 1 amide bonds. The molecule has 0 bridgehead atoms. The topological polar surface area (TPSA) is 54.0 Å². The van der Waals surface area contributed by atoms with Crippen LogP contribution >= 0.6 is 15.9 Å². The zero-order valence-electron chi connectivity index (χ0n) is 11.4. The monoisotopic (exact) mass is 333 g/mol. The summed E-state index contributed by atoms with van der Waals surface area (Å²) in [5.41, 5.74) is 2.21. The summed E-state index contributed by atoms with van der Waals surface area (Å²) in [7, 11) is 0. The van der Waals surface area contributed by atoms with Gasteiger partial charge in [-0.05, 0) is 44.2 Å². The van der Waals surface area contributed by atoms with Crippen LogP contribution in [0.1, 0.15) is 24.3 Å². The summed E-state index contributed by atoms with van der Waals surface area (Å²) in [4.78, 5) is 15.9. The van der Waals surface area contributed by atoms with E-state index in [1.165, 1.54) is 0 Å². The molecule has 0 spiro atoms. The summed E-state index contributed by atoms with van der Waals surface area (Å²) in [6.07, 6.45) is 1.65. The maximum Gasteiger partial charge on any atom is 0.270 e. The van der Waals surface area contributed by atoms with Crippen LogP contribution in [0.15, 0.2) is 47.1 Å². The molecule has 0 radical (unpaired) electrons. The summed E-state index contributed by atoms with van der Waals surface area (Å²) in [5, 5.41) is 6.04. The van der Waals surface area contributed by atoms with E-state index in [9.17, 15) is 4.79 Å². The summed E-state index contributed by atoms with van der Waals surface area (Å²) in [5.74, 6) is -0.158. The highest BCUT2D eigenvalue weighted by molar-refractivity contribution is 9.10. The number of anilines is 2. The smallest absolute Gasteiger partial charge is 0.270 e. The third-order valence-electron chi connectivity index (χ3n) is 2.53. The van der Waals surface area contributed by atoms with E-state index in [4.69, 9.17) is 0 Å². The average Bonchev–Trinajstić information content (AvgIpc) is 2.38. The van der Waals surface area contributed by atoms with Gasteiger partial charge in [-0.2, -0.15) is 0 Å². The molecule has 4 nitrogen and oxygen atoms in total. The Bertz CT molecular complexity index is 596. The fourth-order valence-corrected chi connectivity index (χ4v) is 2.07. The number of nitrogens with zero attached hydrogens (tertiary/aromatic N) is 1. The third-order valence-corrected chi connectivity index (χ3v) is 3.02. The number of pyridine rings is 1. The highest BCUT2D eigenvalue weighted by Gasteiger charge is 2.08. The van der Waals surface area contributed by atoms with Gasteiger partial charge in [-0.3, -0.25) is 4.79 Å². The molecule has 2 rings (SSSR count). The van der Waals surface area contributed by atoms with Crippen molar-refractivity contribution in [3.8, 4) is 0 Å². The number of halogens is 1. The Balaban J connectivity index is 2.07. The number of rotatable bonds is 4. The van der Waals surface area contributed by atoms with Crippen molar-refractivity contribution in [3.63, 3.8) is 0 Å². The van der Waals surface area contributed by atoms with E-state index >= 15 is 0 Å². The summed E-state index contributed by atoms with van der Waals surface area (Å²) < 4.78 is 1.00. The number of hydrogen-bond acceptors (Lipinski definition) is 3. The zero-order chi connectivity index (χ0) is 14.5. The molecule has 0 unspecified atom stereocenters. The van der Waals surface area contributed by atoms with Crippen molar-refractivity contribution >= 4 is 33.2 Å². The Morgan fingerprint density at radius 3 is 2.60 bits per heavy atom. The molecule has 0 saturated heterocycles. The van der Waals surface area contributed by atoms with Crippen molar-refractivity contribution in [1.82, 2.24) is 10.3 Å². The van der Waals surface area contributed by atoms with Gasteiger partial charge in [0.15, 0.2) is 0 Å². The van der Waals surface area contributed by atoms with E-state index in [1.54, 1.807) is 12.3 Å². The van der Waals surface area contributed by atoms with Crippen LogP contribution in [0.5, 0.6) is 0 Å². The first-order chi connectivity index (χ1) is 9.54. The van der Waals surface area contributed by atoms with Gasteiger partial charge in [0.05, 0.1) is 11.9 Å². The van der Waals surface area contributed by atoms with Gasteiger partial charge in [0, 0.05) is 16.2 Å². The van der Waals surface area contributed by atoms with Crippen molar-refractivity contribution in [2.45, 2.75) is 19.9 Å². The summed E-state index contributed by atoms with van der Waals surface area (Å²) in [6, 6.07) is 11.5. The second-order valence-electron chi connectivity index (χ2n) is 4.70. The fourth-order valence-electron chi connectivity index (χ4n) is 1.67. The molecule has 1 heterocycles. The predicted molar refractivity (Wildman–Crippen MR) is 84.3 cm³/mol. The standard InChI is InChI=1S/C15H16BrN3O/c1-10(2)18-15(20)14-7-6-13(9-17-14)19-12-5-3-4-11(16)8-12/h3-10,19H,1-2H3,(H,18,20). The Morgan fingerprint density at radius 2 is 2.00 bits per heavy atom. The second kappa shape index (κ2) is 6.52.